The highest BCUT2D eigenvalue weighted by molar-refractivity contribution is 8.87. The van der Waals surface area contributed by atoms with Crippen LogP contribution in [0.1, 0.15) is 39.5 Å². The van der Waals surface area contributed by atoms with Crippen molar-refractivity contribution in [2.45, 2.75) is 39.5 Å². The lowest BCUT2D eigenvalue weighted by Gasteiger charge is -2.05. The largest absolute Gasteiger partial charge is 0.273 e. The summed E-state index contributed by atoms with van der Waals surface area (Å²) in [4.78, 5) is 0. The second kappa shape index (κ2) is 37.2. The van der Waals surface area contributed by atoms with Crippen LogP contribution in [-0.2, 0) is 0 Å². The molecule has 0 bridgehead atoms. The number of hydrogen-bond donors (Lipinski definition) is 4. The number of hydrazone groups is 4. The quantitative estimate of drug-likeness (QED) is 0.0148. The van der Waals surface area contributed by atoms with Crippen molar-refractivity contribution in [3.63, 3.8) is 0 Å². The summed E-state index contributed by atoms with van der Waals surface area (Å²) in [6.07, 6.45) is 5.54. The maximum absolute atomic E-state index is 14.1. The van der Waals surface area contributed by atoms with Crippen molar-refractivity contribution in [3.05, 3.63) is 241 Å². The van der Waals surface area contributed by atoms with Crippen molar-refractivity contribution in [1.29, 1.82) is 0 Å². The maximum Gasteiger partial charge on any atom is 0.238 e. The van der Waals surface area contributed by atoms with E-state index in [0.29, 0.717) is 0 Å². The molecule has 0 spiro atoms. The minimum Gasteiger partial charge on any atom is -0.273 e. The average molecular weight is 1250 g/mol. The van der Waals surface area contributed by atoms with Crippen LogP contribution in [0.15, 0.2) is 255 Å². The number of halogens is 8. The monoisotopic (exact) mass is 1250 g/mol. The van der Waals surface area contributed by atoms with E-state index in [1.807, 2.05) is 0 Å². The number of nitrogens with one attached hydrogen (secondary N) is 4. The van der Waals surface area contributed by atoms with Gasteiger partial charge in [0.15, 0.2) is 23.3 Å². The van der Waals surface area contributed by atoms with Crippen LogP contribution in [0.2, 0.25) is 0 Å². The lowest BCUT2D eigenvalue weighted by molar-refractivity contribution is 0.628. The van der Waals surface area contributed by atoms with Gasteiger partial charge in [-0.2, -0.15) is 0 Å². The van der Waals surface area contributed by atoms with Crippen molar-refractivity contribution >= 4 is 109 Å². The number of para-hydroxylation sites is 4. The van der Waals surface area contributed by atoms with Gasteiger partial charge in [-0.3, -0.25) is 21.7 Å². The first-order valence-electron chi connectivity index (χ1n) is 25.6. The Bertz CT molecular complexity index is 3230. The normalized spacial score (nSPS) is 12.1. The molecule has 0 unspecified atom stereocenters. The zero-order valence-corrected chi connectivity index (χ0v) is 48.6. The number of hydrogen-bond acceptors (Lipinski definition) is 16. The van der Waals surface area contributed by atoms with Crippen LogP contribution < -0.4 is 21.7 Å². The Kier molecular flexibility index (Phi) is 28.6. The second-order valence-corrected chi connectivity index (χ2v) is 20.7. The molecule has 0 saturated carbocycles. The van der Waals surface area contributed by atoms with Crippen molar-refractivity contribution in [3.8, 4) is 0 Å². The molecule has 0 aliphatic heterocycles. The van der Waals surface area contributed by atoms with Gasteiger partial charge >= 0.3 is 0 Å². The maximum atomic E-state index is 14.1. The fraction of sp³-hybridized carbons (Fsp3) is 0.103. The molecular formula is C58H50F8N16S4. The van der Waals surface area contributed by atoms with Gasteiger partial charge in [-0.1, -0.05) is 137 Å². The van der Waals surface area contributed by atoms with E-state index in [2.05, 4.69) is 96.9 Å². The molecule has 16 nitrogen and oxygen atoms in total. The average Bonchev–Trinajstić information content (AvgIpc) is 3.72. The molecule has 8 aromatic rings. The summed E-state index contributed by atoms with van der Waals surface area (Å²) in [6, 6.07) is 46.0. The first-order valence-corrected chi connectivity index (χ1v) is 29.9. The van der Waals surface area contributed by atoms with E-state index in [-0.39, 0.29) is 66.2 Å². The summed E-state index contributed by atoms with van der Waals surface area (Å²) in [7, 11) is 3.38. The molecule has 0 aliphatic carbocycles. The molecule has 4 N–H and O–H groups in total. The Morgan fingerprint density at radius 2 is 0.465 bits per heavy atom. The van der Waals surface area contributed by atoms with Gasteiger partial charge in [0.1, 0.15) is 46.0 Å². The molecule has 442 valence electrons. The summed E-state index contributed by atoms with van der Waals surface area (Å²) < 4.78 is 113. The van der Waals surface area contributed by atoms with Crippen LogP contribution >= 0.6 is 43.2 Å². The van der Waals surface area contributed by atoms with Crippen molar-refractivity contribution in [2.75, 3.05) is 21.7 Å². The summed E-state index contributed by atoms with van der Waals surface area (Å²) >= 11 is 0. The highest BCUT2D eigenvalue weighted by atomic mass is 33.1. The van der Waals surface area contributed by atoms with Gasteiger partial charge in [0.25, 0.3) is 0 Å². The van der Waals surface area contributed by atoms with E-state index in [9.17, 15) is 35.1 Å². The van der Waals surface area contributed by atoms with Crippen molar-refractivity contribution in [1.82, 2.24) is 0 Å². The van der Waals surface area contributed by atoms with Gasteiger partial charge in [0.2, 0.25) is 20.7 Å². The number of rotatable bonds is 15. The third kappa shape index (κ3) is 23.5. The highest BCUT2D eigenvalue weighted by Gasteiger charge is 2.13. The minimum absolute atomic E-state index is 0.0546. The SMILES string of the molecule is CCCCCC.Fc1ccccc1N=N/C(=N/Nc1ccccc1F)SS/C(N=Nc1ccccc1F)=N\Nc1ccccc1F.Fc1ccccc1N=N/C(=N/Nc1ccccc1F)SS/C(N=Nc1ccccc1F)=N\Nc1ccccc1F. The number of nitrogens with zero attached hydrogens (tertiary/aromatic N) is 12. The molecule has 28 heteroatoms. The Hall–Kier alpha value is -9.12. The second-order valence-electron chi connectivity index (χ2n) is 16.6. The third-order valence-corrected chi connectivity index (χ3v) is 14.0. The number of benzene rings is 8. The summed E-state index contributed by atoms with van der Waals surface area (Å²) in [5.74, 6) is -4.70. The lowest BCUT2D eigenvalue weighted by atomic mass is 10.2. The Morgan fingerprint density at radius 3 is 0.651 bits per heavy atom. The van der Waals surface area contributed by atoms with Crippen molar-refractivity contribution < 1.29 is 35.1 Å². The van der Waals surface area contributed by atoms with Gasteiger partial charge in [-0.05, 0) is 140 Å². The van der Waals surface area contributed by atoms with Gasteiger partial charge in [-0.25, -0.2) is 35.1 Å². The molecule has 0 atom stereocenters. The first kappa shape index (κ1) is 66.0. The van der Waals surface area contributed by atoms with Crippen LogP contribution in [-0.4, -0.2) is 20.7 Å². The fourth-order valence-corrected chi connectivity index (χ4v) is 8.71. The molecule has 8 aromatic carbocycles. The molecule has 8 rings (SSSR count). The van der Waals surface area contributed by atoms with E-state index in [4.69, 9.17) is 0 Å². The van der Waals surface area contributed by atoms with Crippen LogP contribution in [0.25, 0.3) is 0 Å². The standard InChI is InChI=1S/2C26H18F4N8S2.C6H14/c2*27-17-9-1-5-13-21(17)31-35-25(36-32-22-14-6-2-10-18(22)28)39-40-26(37-33-23-15-7-3-11-19(23)29)38-34-24-16-8-4-12-20(24)30;1-3-5-6-4-2/h2*1-16,31,33H;3-6H2,1-2H3/b2*35-25-,36-32?,37-26-,38-34?;. The molecular weight excluding hydrogens is 1200 g/mol. The molecule has 0 saturated heterocycles. The topological polar surface area (TPSA) is 196 Å². The molecule has 0 heterocycles. The van der Waals surface area contributed by atoms with E-state index in [1.165, 1.54) is 171 Å². The van der Waals surface area contributed by atoms with Crippen LogP contribution in [0.5, 0.6) is 0 Å². The predicted octanol–water partition coefficient (Wildman–Crippen LogP) is 21.1. The minimum atomic E-state index is -0.611. The molecule has 86 heavy (non-hydrogen) atoms. The first-order chi connectivity index (χ1) is 41.9. The third-order valence-electron chi connectivity index (χ3n) is 10.3. The zero-order valence-electron chi connectivity index (χ0n) is 45.3. The van der Waals surface area contributed by atoms with E-state index < -0.39 is 46.5 Å². The van der Waals surface area contributed by atoms with Crippen molar-refractivity contribution in [2.24, 2.45) is 61.3 Å². The zero-order chi connectivity index (χ0) is 61.1. The van der Waals surface area contributed by atoms with Crippen LogP contribution in [0.4, 0.5) is 80.6 Å². The van der Waals surface area contributed by atoms with Gasteiger partial charge in [0.05, 0.1) is 22.7 Å². The lowest BCUT2D eigenvalue weighted by Crippen LogP contribution is -1.99. The smallest absolute Gasteiger partial charge is 0.238 e. The summed E-state index contributed by atoms with van der Waals surface area (Å²) in [6.45, 7) is 4.46. The number of unbranched alkanes of at least 4 members (excludes halogenated alkanes) is 3. The van der Waals surface area contributed by atoms with E-state index in [0.717, 1.165) is 43.2 Å². The van der Waals surface area contributed by atoms with Gasteiger partial charge < -0.3 is 0 Å². The van der Waals surface area contributed by atoms with E-state index in [1.54, 1.807) is 48.5 Å². The number of anilines is 4. The van der Waals surface area contributed by atoms with E-state index >= 15 is 0 Å². The van der Waals surface area contributed by atoms with Crippen LogP contribution in [0.3, 0.4) is 0 Å². The Labute approximate surface area is 505 Å². The fourth-order valence-electron chi connectivity index (χ4n) is 6.04. The van der Waals surface area contributed by atoms with Gasteiger partial charge in [-0.15, -0.1) is 61.3 Å². The highest BCUT2D eigenvalue weighted by Crippen LogP contribution is 2.32. The number of amidine groups is 4. The molecule has 0 aromatic heterocycles. The molecule has 0 radical (unpaired) electrons. The Morgan fingerprint density at radius 1 is 0.279 bits per heavy atom. The molecule has 0 aliphatic rings. The Balaban J connectivity index is 0.000000251. The summed E-state index contributed by atoms with van der Waals surface area (Å²) in [5.41, 5.74) is 10.2. The van der Waals surface area contributed by atoms with Gasteiger partial charge in [0, 0.05) is 0 Å². The molecule has 0 fully saturated rings. The molecule has 0 amide bonds. The van der Waals surface area contributed by atoms with Crippen LogP contribution in [0, 0.1) is 46.5 Å². The summed E-state index contributed by atoms with van der Waals surface area (Å²) in [5, 5.41) is 47.2. The number of azo groups is 4. The predicted molar refractivity (Wildman–Crippen MR) is 334 cm³/mol.